The van der Waals surface area contributed by atoms with Crippen LogP contribution in [0.5, 0.6) is 0 Å². The number of carbonyl (C=O) groups excluding carboxylic acids is 1. The molecule has 1 aromatic carbocycles. The van der Waals surface area contributed by atoms with Crippen molar-refractivity contribution in [2.75, 3.05) is 0 Å². The monoisotopic (exact) mass is 298 g/mol. The van der Waals surface area contributed by atoms with Gasteiger partial charge in [-0.1, -0.05) is 35.5 Å². The van der Waals surface area contributed by atoms with Crippen LogP contribution in [0.15, 0.2) is 34.9 Å². The van der Waals surface area contributed by atoms with E-state index in [2.05, 4.69) is 43.3 Å². The molecule has 1 aliphatic rings. The normalized spacial score (nSPS) is 24.7. The fourth-order valence-electron chi connectivity index (χ4n) is 3.69. The van der Waals surface area contributed by atoms with E-state index >= 15 is 0 Å². The molecule has 116 valence electrons. The summed E-state index contributed by atoms with van der Waals surface area (Å²) < 4.78 is 5.16. The Morgan fingerprint density at radius 2 is 1.91 bits per heavy atom. The Morgan fingerprint density at radius 1 is 1.23 bits per heavy atom. The fourth-order valence-corrected chi connectivity index (χ4v) is 3.69. The van der Waals surface area contributed by atoms with Crippen LogP contribution in [0.1, 0.15) is 53.6 Å². The predicted octanol–water partition coefficient (Wildman–Crippen LogP) is 3.70. The van der Waals surface area contributed by atoms with Gasteiger partial charge in [0.1, 0.15) is 11.3 Å². The Morgan fingerprint density at radius 3 is 2.50 bits per heavy atom. The minimum atomic E-state index is 0.0367. The summed E-state index contributed by atoms with van der Waals surface area (Å²) in [5.74, 6) is 1.01. The van der Waals surface area contributed by atoms with Crippen LogP contribution in [0.4, 0.5) is 0 Å². The van der Waals surface area contributed by atoms with Gasteiger partial charge < -0.3 is 9.42 Å². The fraction of sp³-hybridized carbons (Fsp3) is 0.444. The van der Waals surface area contributed by atoms with Crippen molar-refractivity contribution >= 4 is 5.91 Å². The second-order valence-electron chi connectivity index (χ2n) is 6.25. The molecule has 1 fully saturated rings. The molecule has 0 bridgehead atoms. The number of likely N-dealkylation sites (tertiary alicyclic amines) is 1. The lowest BCUT2D eigenvalue weighted by molar-refractivity contribution is 0.0685. The third kappa shape index (κ3) is 2.32. The number of hydrogen-bond acceptors (Lipinski definition) is 3. The number of rotatable bonds is 2. The third-order valence-corrected chi connectivity index (χ3v) is 4.80. The maximum Gasteiger partial charge on any atom is 0.259 e. The smallest absolute Gasteiger partial charge is 0.259 e. The van der Waals surface area contributed by atoms with Crippen LogP contribution in [0.3, 0.4) is 0 Å². The summed E-state index contributed by atoms with van der Waals surface area (Å²) in [5, 5.41) is 3.91. The minimum absolute atomic E-state index is 0.0367. The Labute approximate surface area is 131 Å². The van der Waals surface area contributed by atoms with Gasteiger partial charge in [0.05, 0.1) is 5.69 Å². The van der Waals surface area contributed by atoms with Gasteiger partial charge in [0.25, 0.3) is 5.91 Å². The number of carbonyl (C=O) groups is 1. The molecular weight excluding hydrogens is 276 g/mol. The van der Waals surface area contributed by atoms with Crippen molar-refractivity contribution in [2.45, 2.75) is 52.1 Å². The molecule has 4 nitrogen and oxygen atoms in total. The average molecular weight is 298 g/mol. The molecule has 0 radical (unpaired) electrons. The summed E-state index contributed by atoms with van der Waals surface area (Å²) in [6.45, 7) is 7.88. The molecule has 0 N–H and O–H groups in total. The van der Waals surface area contributed by atoms with Crippen molar-refractivity contribution in [3.8, 4) is 0 Å². The van der Waals surface area contributed by atoms with Crippen LogP contribution in [0.2, 0.25) is 0 Å². The van der Waals surface area contributed by atoms with E-state index in [-0.39, 0.29) is 18.0 Å². The highest BCUT2D eigenvalue weighted by atomic mass is 16.5. The molecule has 1 saturated heterocycles. The molecule has 0 aliphatic carbocycles. The molecule has 2 aromatic rings. The van der Waals surface area contributed by atoms with Crippen LogP contribution in [-0.2, 0) is 0 Å². The maximum absolute atomic E-state index is 13.0. The SMILES string of the molecule is Cc1noc(C)c1C(=O)N1C(C)CC(c2ccccc2)C1C. The summed E-state index contributed by atoms with van der Waals surface area (Å²) in [7, 11) is 0. The van der Waals surface area contributed by atoms with Gasteiger partial charge in [-0.15, -0.1) is 0 Å². The molecule has 0 saturated carbocycles. The second-order valence-corrected chi connectivity index (χ2v) is 6.25. The highest BCUT2D eigenvalue weighted by molar-refractivity contribution is 5.96. The van der Waals surface area contributed by atoms with Crippen LogP contribution >= 0.6 is 0 Å². The predicted molar refractivity (Wildman–Crippen MR) is 84.9 cm³/mol. The Bertz CT molecular complexity index is 658. The zero-order valence-electron chi connectivity index (χ0n) is 13.5. The topological polar surface area (TPSA) is 46.3 Å². The van der Waals surface area contributed by atoms with Gasteiger partial charge in [-0.05, 0) is 39.7 Å². The zero-order chi connectivity index (χ0) is 15.9. The summed E-state index contributed by atoms with van der Waals surface area (Å²) in [6, 6.07) is 10.8. The highest BCUT2D eigenvalue weighted by Gasteiger charge is 2.41. The van der Waals surface area contributed by atoms with Gasteiger partial charge >= 0.3 is 0 Å². The molecular formula is C18H22N2O2. The molecule has 1 aliphatic heterocycles. The van der Waals surface area contributed by atoms with Crippen molar-refractivity contribution in [1.82, 2.24) is 10.1 Å². The molecule has 0 spiro atoms. The summed E-state index contributed by atoms with van der Waals surface area (Å²) >= 11 is 0. The Kier molecular flexibility index (Phi) is 3.77. The molecule has 4 heteroatoms. The number of nitrogens with zero attached hydrogens (tertiary/aromatic N) is 2. The lowest BCUT2D eigenvalue weighted by atomic mass is 9.92. The largest absolute Gasteiger partial charge is 0.361 e. The van der Waals surface area contributed by atoms with E-state index in [9.17, 15) is 4.79 Å². The first-order valence-corrected chi connectivity index (χ1v) is 7.81. The Balaban J connectivity index is 1.90. The molecule has 1 amide bonds. The summed E-state index contributed by atoms with van der Waals surface area (Å²) in [6.07, 6.45) is 0.986. The quantitative estimate of drug-likeness (QED) is 0.849. The van der Waals surface area contributed by atoms with Crippen LogP contribution in [0, 0.1) is 13.8 Å². The van der Waals surface area contributed by atoms with Crippen molar-refractivity contribution in [2.24, 2.45) is 0 Å². The maximum atomic E-state index is 13.0. The van der Waals surface area contributed by atoms with Crippen LogP contribution in [-0.4, -0.2) is 28.0 Å². The van der Waals surface area contributed by atoms with Crippen LogP contribution in [0.25, 0.3) is 0 Å². The first-order chi connectivity index (χ1) is 10.5. The Hall–Kier alpha value is -2.10. The molecule has 1 aromatic heterocycles. The van der Waals surface area contributed by atoms with Crippen molar-refractivity contribution in [1.29, 1.82) is 0 Å². The first-order valence-electron chi connectivity index (χ1n) is 7.81. The molecule has 3 rings (SSSR count). The molecule has 22 heavy (non-hydrogen) atoms. The molecule has 3 unspecified atom stereocenters. The van der Waals surface area contributed by atoms with E-state index in [1.54, 1.807) is 6.92 Å². The number of benzene rings is 1. The third-order valence-electron chi connectivity index (χ3n) is 4.80. The van der Waals surface area contributed by atoms with E-state index in [0.717, 1.165) is 6.42 Å². The van der Waals surface area contributed by atoms with Gasteiger partial charge in [0.15, 0.2) is 0 Å². The van der Waals surface area contributed by atoms with Gasteiger partial charge in [0, 0.05) is 18.0 Å². The van der Waals surface area contributed by atoms with E-state index in [0.29, 0.717) is 22.9 Å². The summed E-state index contributed by atoms with van der Waals surface area (Å²) in [5.41, 5.74) is 2.59. The van der Waals surface area contributed by atoms with Gasteiger partial charge in [-0.25, -0.2) is 0 Å². The van der Waals surface area contributed by atoms with E-state index in [1.807, 2.05) is 17.9 Å². The number of aryl methyl sites for hydroxylation is 2. The highest BCUT2D eigenvalue weighted by Crippen LogP contribution is 2.38. The summed E-state index contributed by atoms with van der Waals surface area (Å²) in [4.78, 5) is 15.0. The lowest BCUT2D eigenvalue weighted by Gasteiger charge is -2.28. The van der Waals surface area contributed by atoms with Crippen molar-refractivity contribution in [3.05, 3.63) is 52.9 Å². The lowest BCUT2D eigenvalue weighted by Crippen LogP contribution is -2.40. The second kappa shape index (κ2) is 5.59. The van der Waals surface area contributed by atoms with E-state index < -0.39 is 0 Å². The van der Waals surface area contributed by atoms with Gasteiger partial charge in [0.2, 0.25) is 0 Å². The van der Waals surface area contributed by atoms with E-state index in [1.165, 1.54) is 5.56 Å². The van der Waals surface area contributed by atoms with Crippen molar-refractivity contribution in [3.63, 3.8) is 0 Å². The zero-order valence-corrected chi connectivity index (χ0v) is 13.5. The van der Waals surface area contributed by atoms with Crippen molar-refractivity contribution < 1.29 is 9.32 Å². The molecule has 2 heterocycles. The van der Waals surface area contributed by atoms with E-state index in [4.69, 9.17) is 4.52 Å². The van der Waals surface area contributed by atoms with Gasteiger partial charge in [-0.3, -0.25) is 4.79 Å². The average Bonchev–Trinajstić information content (AvgIpc) is 2.99. The number of aromatic nitrogens is 1. The standard InChI is InChI=1S/C18H22N2O2/c1-11-10-16(15-8-6-5-7-9-15)13(3)20(11)18(21)17-12(2)19-22-14(17)4/h5-9,11,13,16H,10H2,1-4H3. The van der Waals surface area contributed by atoms with Gasteiger partial charge in [-0.2, -0.15) is 0 Å². The minimum Gasteiger partial charge on any atom is -0.361 e. The van der Waals surface area contributed by atoms with Crippen LogP contribution < -0.4 is 0 Å². The first kappa shape index (κ1) is 14.8. The molecule has 3 atom stereocenters. The number of hydrogen-bond donors (Lipinski definition) is 0. The number of amides is 1.